The van der Waals surface area contributed by atoms with Gasteiger partial charge in [-0.1, -0.05) is 20.8 Å². The highest BCUT2D eigenvalue weighted by Gasteiger charge is 2.31. The van der Waals surface area contributed by atoms with E-state index < -0.39 is 5.41 Å². The first-order valence-corrected chi connectivity index (χ1v) is 11.5. The minimum Gasteiger partial charge on any atom is -0.465 e. The molecule has 0 spiro atoms. The van der Waals surface area contributed by atoms with E-state index in [2.05, 4.69) is 37.9 Å². The van der Waals surface area contributed by atoms with Crippen molar-refractivity contribution in [3.05, 3.63) is 0 Å². The van der Waals surface area contributed by atoms with Crippen LogP contribution in [0.2, 0.25) is 0 Å². The molecule has 0 saturated heterocycles. The Hall–Kier alpha value is -0.540. The monoisotopic (exact) mass is 468 g/mol. The lowest BCUT2D eigenvalue weighted by Crippen LogP contribution is -2.37. The van der Waals surface area contributed by atoms with E-state index in [1.165, 1.54) is 0 Å². The third-order valence-corrected chi connectivity index (χ3v) is 4.82. The lowest BCUT2D eigenvalue weighted by Gasteiger charge is -2.28. The lowest BCUT2D eigenvalue weighted by atomic mass is 9.94. The van der Waals surface area contributed by atoms with E-state index in [0.29, 0.717) is 19.3 Å². The van der Waals surface area contributed by atoms with Gasteiger partial charge in [0.05, 0.1) is 5.41 Å². The van der Waals surface area contributed by atoms with Crippen LogP contribution in [0.25, 0.3) is 0 Å². The standard InChI is InChI=1S/C20H36O6S3/c1-14(27)5-8-17(21)24-11-20(4,12-25-18(22)9-6-15(2)28)13-26-19(23)10-7-16(3)29/h14-16,27-29H,5-13H2,1-4H3. The third-order valence-electron chi connectivity index (χ3n) is 4.04. The van der Waals surface area contributed by atoms with Gasteiger partial charge in [-0.3, -0.25) is 14.4 Å². The average Bonchev–Trinajstić information content (AvgIpc) is 2.64. The van der Waals surface area contributed by atoms with Gasteiger partial charge in [-0.25, -0.2) is 0 Å². The van der Waals surface area contributed by atoms with E-state index in [1.807, 2.05) is 20.8 Å². The maximum Gasteiger partial charge on any atom is 0.305 e. The molecule has 0 amide bonds. The van der Waals surface area contributed by atoms with E-state index in [-0.39, 0.29) is 72.7 Å². The first-order chi connectivity index (χ1) is 13.4. The number of ether oxygens (including phenoxy) is 3. The summed E-state index contributed by atoms with van der Waals surface area (Å²) in [5.74, 6) is -1.08. The molecule has 0 bridgehead atoms. The summed E-state index contributed by atoms with van der Waals surface area (Å²) in [6.45, 7) is 7.41. The van der Waals surface area contributed by atoms with Gasteiger partial charge < -0.3 is 14.2 Å². The largest absolute Gasteiger partial charge is 0.465 e. The van der Waals surface area contributed by atoms with Crippen molar-refractivity contribution in [3.63, 3.8) is 0 Å². The van der Waals surface area contributed by atoms with Gasteiger partial charge in [0.15, 0.2) is 0 Å². The third kappa shape index (κ3) is 16.9. The number of carbonyl (C=O) groups excluding carboxylic acids is 3. The smallest absolute Gasteiger partial charge is 0.305 e. The molecule has 0 aromatic heterocycles. The van der Waals surface area contributed by atoms with Crippen molar-refractivity contribution in [1.82, 2.24) is 0 Å². The molecule has 29 heavy (non-hydrogen) atoms. The number of hydrogen-bond acceptors (Lipinski definition) is 9. The Morgan fingerprint density at radius 1 is 0.655 bits per heavy atom. The Morgan fingerprint density at radius 3 is 1.10 bits per heavy atom. The molecule has 3 unspecified atom stereocenters. The lowest BCUT2D eigenvalue weighted by molar-refractivity contribution is -0.160. The number of carbonyl (C=O) groups is 3. The van der Waals surface area contributed by atoms with Crippen LogP contribution in [-0.2, 0) is 28.6 Å². The quantitative estimate of drug-likeness (QED) is 0.192. The highest BCUT2D eigenvalue weighted by atomic mass is 32.1. The first-order valence-electron chi connectivity index (χ1n) is 9.94. The van der Waals surface area contributed by atoms with Gasteiger partial charge in [-0.2, -0.15) is 37.9 Å². The molecule has 0 fully saturated rings. The summed E-state index contributed by atoms with van der Waals surface area (Å²) in [5, 5.41) is 0.290. The van der Waals surface area contributed by atoms with Crippen LogP contribution in [0.1, 0.15) is 66.2 Å². The fourth-order valence-corrected chi connectivity index (χ4v) is 2.47. The van der Waals surface area contributed by atoms with Gasteiger partial charge in [-0.05, 0) is 41.9 Å². The fraction of sp³-hybridized carbons (Fsp3) is 0.850. The minimum absolute atomic E-state index is 0.0146. The Labute approximate surface area is 191 Å². The van der Waals surface area contributed by atoms with Gasteiger partial charge in [0, 0.05) is 19.3 Å². The zero-order chi connectivity index (χ0) is 22.4. The van der Waals surface area contributed by atoms with Crippen LogP contribution >= 0.6 is 37.9 Å². The molecule has 6 nitrogen and oxygen atoms in total. The molecule has 0 radical (unpaired) electrons. The van der Waals surface area contributed by atoms with Gasteiger partial charge in [-0.15, -0.1) is 0 Å². The molecule has 0 aromatic carbocycles. The van der Waals surface area contributed by atoms with Gasteiger partial charge in [0.2, 0.25) is 0 Å². The summed E-state index contributed by atoms with van der Waals surface area (Å²) in [6, 6.07) is 0. The first kappa shape index (κ1) is 28.5. The zero-order valence-corrected chi connectivity index (χ0v) is 20.6. The summed E-state index contributed by atoms with van der Waals surface area (Å²) in [4.78, 5) is 35.8. The Kier molecular flexibility index (Phi) is 15.0. The molecular weight excluding hydrogens is 432 g/mol. The predicted octanol–water partition coefficient (Wildman–Crippen LogP) is 3.92. The zero-order valence-electron chi connectivity index (χ0n) is 17.9. The van der Waals surface area contributed by atoms with Crippen LogP contribution in [0, 0.1) is 5.41 Å². The number of thiol groups is 3. The summed E-state index contributed by atoms with van der Waals surface area (Å²) in [7, 11) is 0. The minimum atomic E-state index is -0.827. The average molecular weight is 469 g/mol. The van der Waals surface area contributed by atoms with Crippen molar-refractivity contribution >= 4 is 55.8 Å². The summed E-state index contributed by atoms with van der Waals surface area (Å²) in [5.41, 5.74) is -0.827. The van der Waals surface area contributed by atoms with E-state index in [4.69, 9.17) is 14.2 Å². The van der Waals surface area contributed by atoms with E-state index >= 15 is 0 Å². The molecule has 9 heteroatoms. The molecule has 0 aliphatic carbocycles. The van der Waals surface area contributed by atoms with Gasteiger partial charge in [0.1, 0.15) is 19.8 Å². The SMILES string of the molecule is CC(S)CCC(=O)OCC(C)(COC(=O)CCC(C)S)COC(=O)CCC(C)S. The Balaban J connectivity index is 4.72. The fourth-order valence-electron chi connectivity index (χ4n) is 2.09. The van der Waals surface area contributed by atoms with Crippen LogP contribution < -0.4 is 0 Å². The second-order valence-electron chi connectivity index (χ2n) is 7.96. The topological polar surface area (TPSA) is 78.9 Å². The molecule has 3 atom stereocenters. The number of rotatable bonds is 15. The van der Waals surface area contributed by atoms with Crippen LogP contribution in [-0.4, -0.2) is 53.5 Å². The molecular formula is C20H36O6S3. The van der Waals surface area contributed by atoms with Crippen molar-refractivity contribution in [3.8, 4) is 0 Å². The van der Waals surface area contributed by atoms with Crippen molar-refractivity contribution in [2.75, 3.05) is 19.8 Å². The van der Waals surface area contributed by atoms with E-state index in [9.17, 15) is 14.4 Å². The molecule has 0 heterocycles. The van der Waals surface area contributed by atoms with E-state index in [0.717, 1.165) is 0 Å². The molecule has 170 valence electrons. The molecule has 0 N–H and O–H groups in total. The second-order valence-corrected chi connectivity index (χ2v) is 10.6. The maximum absolute atomic E-state index is 11.9. The maximum atomic E-state index is 11.9. The molecule has 0 saturated carbocycles. The molecule has 0 aromatic rings. The second kappa shape index (κ2) is 15.3. The molecule has 0 aliphatic rings. The van der Waals surface area contributed by atoms with Crippen LogP contribution in [0.15, 0.2) is 0 Å². The van der Waals surface area contributed by atoms with Gasteiger partial charge >= 0.3 is 17.9 Å². The predicted molar refractivity (Wildman–Crippen MR) is 124 cm³/mol. The molecule has 0 aliphatic heterocycles. The summed E-state index contributed by atoms with van der Waals surface area (Å²) >= 11 is 12.7. The Bertz CT molecular complexity index is 439. The summed E-state index contributed by atoms with van der Waals surface area (Å²) < 4.78 is 16.0. The Morgan fingerprint density at radius 2 is 0.897 bits per heavy atom. The summed E-state index contributed by atoms with van der Waals surface area (Å²) in [6.07, 6.45) is 2.56. The van der Waals surface area contributed by atoms with Crippen molar-refractivity contribution in [1.29, 1.82) is 0 Å². The number of esters is 3. The van der Waals surface area contributed by atoms with Crippen molar-refractivity contribution in [2.24, 2.45) is 5.41 Å². The van der Waals surface area contributed by atoms with Crippen molar-refractivity contribution < 1.29 is 28.6 Å². The highest BCUT2D eigenvalue weighted by molar-refractivity contribution is 7.81. The van der Waals surface area contributed by atoms with Crippen molar-refractivity contribution in [2.45, 2.75) is 82.0 Å². The van der Waals surface area contributed by atoms with E-state index in [1.54, 1.807) is 6.92 Å². The normalized spacial score (nSPS) is 16.2. The van der Waals surface area contributed by atoms with Crippen LogP contribution in [0.5, 0.6) is 0 Å². The van der Waals surface area contributed by atoms with Crippen LogP contribution in [0.4, 0.5) is 0 Å². The number of hydrogen-bond donors (Lipinski definition) is 3. The van der Waals surface area contributed by atoms with Crippen LogP contribution in [0.3, 0.4) is 0 Å². The van der Waals surface area contributed by atoms with Gasteiger partial charge in [0.25, 0.3) is 0 Å². The molecule has 0 rings (SSSR count). The highest BCUT2D eigenvalue weighted by Crippen LogP contribution is 2.21.